The van der Waals surface area contributed by atoms with Gasteiger partial charge in [-0.25, -0.2) is 4.68 Å². The van der Waals surface area contributed by atoms with E-state index in [0.29, 0.717) is 11.6 Å². The van der Waals surface area contributed by atoms with Crippen molar-refractivity contribution in [3.63, 3.8) is 0 Å². The Morgan fingerprint density at radius 1 is 1.24 bits per heavy atom. The molecule has 1 aromatic carbocycles. The van der Waals surface area contributed by atoms with Crippen molar-refractivity contribution >= 4 is 5.69 Å². The van der Waals surface area contributed by atoms with Gasteiger partial charge in [-0.05, 0) is 50.3 Å². The summed E-state index contributed by atoms with van der Waals surface area (Å²) < 4.78 is 3.74. The van der Waals surface area contributed by atoms with Crippen LogP contribution in [0, 0.1) is 19.8 Å². The zero-order chi connectivity index (χ0) is 15.7. The lowest BCUT2D eigenvalue weighted by atomic mass is 10.1. The number of aromatic nitrogens is 2. The zero-order valence-corrected chi connectivity index (χ0v) is 13.6. The first-order valence-corrected chi connectivity index (χ1v) is 7.54. The second-order valence-corrected chi connectivity index (χ2v) is 6.08. The molecule has 0 amide bonds. The molecule has 4 heteroatoms. The van der Waals surface area contributed by atoms with E-state index in [1.165, 1.54) is 0 Å². The second kappa shape index (κ2) is 5.80. The average molecular weight is 287 g/mol. The molecule has 2 rings (SSSR count). The van der Waals surface area contributed by atoms with Crippen LogP contribution in [0.4, 0.5) is 5.69 Å². The van der Waals surface area contributed by atoms with E-state index in [2.05, 4.69) is 19.9 Å². The van der Waals surface area contributed by atoms with Gasteiger partial charge in [-0.2, -0.15) is 0 Å². The number of benzene rings is 1. The lowest BCUT2D eigenvalue weighted by Gasteiger charge is -2.16. The number of nitrogen functional groups attached to an aromatic ring is 1. The monoisotopic (exact) mass is 287 g/mol. The summed E-state index contributed by atoms with van der Waals surface area (Å²) in [5.74, 6) is 0.457. The fourth-order valence-corrected chi connectivity index (χ4v) is 2.73. The Kier molecular flexibility index (Phi) is 4.26. The van der Waals surface area contributed by atoms with Crippen molar-refractivity contribution in [3.8, 4) is 5.69 Å². The standard InChI is InChI=1S/C17H25N3O/c1-6-19-15(9-11(2)3)16(18)17(21)20(19)14-10-12(4)7-8-13(14)5/h7-8,10-11H,6,9,18H2,1-5H3. The van der Waals surface area contributed by atoms with Crippen LogP contribution in [0.2, 0.25) is 0 Å². The molecule has 0 saturated carbocycles. The summed E-state index contributed by atoms with van der Waals surface area (Å²) in [4.78, 5) is 12.6. The molecular formula is C17H25N3O. The molecule has 0 spiro atoms. The molecule has 2 N–H and O–H groups in total. The van der Waals surface area contributed by atoms with Crippen LogP contribution in [0.15, 0.2) is 23.0 Å². The van der Waals surface area contributed by atoms with E-state index < -0.39 is 0 Å². The number of aryl methyl sites for hydroxylation is 2. The minimum absolute atomic E-state index is 0.110. The Morgan fingerprint density at radius 2 is 1.90 bits per heavy atom. The van der Waals surface area contributed by atoms with Crippen molar-refractivity contribution in [2.24, 2.45) is 5.92 Å². The molecule has 0 bridgehead atoms. The Hall–Kier alpha value is -1.97. The van der Waals surface area contributed by atoms with Crippen molar-refractivity contribution in [3.05, 3.63) is 45.4 Å². The molecule has 1 aromatic heterocycles. The minimum atomic E-state index is -0.110. The van der Waals surface area contributed by atoms with Crippen molar-refractivity contribution in [1.29, 1.82) is 0 Å². The molecule has 0 aliphatic carbocycles. The molecular weight excluding hydrogens is 262 g/mol. The van der Waals surface area contributed by atoms with Crippen molar-refractivity contribution in [2.75, 3.05) is 5.73 Å². The van der Waals surface area contributed by atoms with Crippen molar-refractivity contribution in [2.45, 2.75) is 47.6 Å². The Bertz CT molecular complexity index is 708. The molecule has 0 saturated heterocycles. The number of nitrogens with zero attached hydrogens (tertiary/aromatic N) is 2. The van der Waals surface area contributed by atoms with E-state index in [0.717, 1.165) is 35.5 Å². The van der Waals surface area contributed by atoms with Crippen LogP contribution < -0.4 is 11.3 Å². The molecule has 0 radical (unpaired) electrons. The van der Waals surface area contributed by atoms with Crippen molar-refractivity contribution in [1.82, 2.24) is 9.36 Å². The van der Waals surface area contributed by atoms with E-state index in [1.807, 2.05) is 37.6 Å². The summed E-state index contributed by atoms with van der Waals surface area (Å²) in [6, 6.07) is 6.14. The summed E-state index contributed by atoms with van der Waals surface area (Å²) in [6.07, 6.45) is 0.812. The lowest BCUT2D eigenvalue weighted by Crippen LogP contribution is -2.23. The maximum Gasteiger partial charge on any atom is 0.294 e. The molecule has 114 valence electrons. The van der Waals surface area contributed by atoms with Crippen LogP contribution in [0.3, 0.4) is 0 Å². The lowest BCUT2D eigenvalue weighted by molar-refractivity contribution is 0.518. The molecule has 0 unspecified atom stereocenters. The van der Waals surface area contributed by atoms with E-state index in [1.54, 1.807) is 4.68 Å². The van der Waals surface area contributed by atoms with Crippen molar-refractivity contribution < 1.29 is 0 Å². The van der Waals surface area contributed by atoms with E-state index in [-0.39, 0.29) is 5.56 Å². The highest BCUT2D eigenvalue weighted by Gasteiger charge is 2.19. The normalized spacial score (nSPS) is 11.3. The van der Waals surface area contributed by atoms with Gasteiger partial charge in [0.25, 0.3) is 5.56 Å². The molecule has 0 aliphatic rings. The molecule has 4 nitrogen and oxygen atoms in total. The Labute approximate surface area is 126 Å². The summed E-state index contributed by atoms with van der Waals surface area (Å²) in [5, 5.41) is 0. The molecule has 21 heavy (non-hydrogen) atoms. The molecule has 1 heterocycles. The topological polar surface area (TPSA) is 52.9 Å². The van der Waals surface area contributed by atoms with Crippen LogP contribution in [0.5, 0.6) is 0 Å². The summed E-state index contributed by atoms with van der Waals surface area (Å²) in [5.41, 5.74) is 10.4. The number of anilines is 1. The highest BCUT2D eigenvalue weighted by molar-refractivity contribution is 5.49. The van der Waals surface area contributed by atoms with E-state index >= 15 is 0 Å². The van der Waals surface area contributed by atoms with Crippen LogP contribution >= 0.6 is 0 Å². The minimum Gasteiger partial charge on any atom is -0.393 e. The molecule has 0 atom stereocenters. The highest BCUT2D eigenvalue weighted by Crippen LogP contribution is 2.20. The molecule has 0 fully saturated rings. The van der Waals surface area contributed by atoms with Gasteiger partial charge in [0.1, 0.15) is 5.69 Å². The van der Waals surface area contributed by atoms with Crippen LogP contribution in [0.25, 0.3) is 5.69 Å². The maximum absolute atomic E-state index is 12.6. The number of hydrogen-bond donors (Lipinski definition) is 1. The van der Waals surface area contributed by atoms with E-state index in [4.69, 9.17) is 5.73 Å². The van der Waals surface area contributed by atoms with Gasteiger partial charge in [0.15, 0.2) is 0 Å². The van der Waals surface area contributed by atoms with Gasteiger partial charge in [0.2, 0.25) is 0 Å². The first-order chi connectivity index (χ1) is 9.86. The van der Waals surface area contributed by atoms with Gasteiger partial charge < -0.3 is 5.73 Å². The third-order valence-corrected chi connectivity index (χ3v) is 3.78. The quantitative estimate of drug-likeness (QED) is 0.939. The molecule has 0 aliphatic heterocycles. The fourth-order valence-electron chi connectivity index (χ4n) is 2.73. The van der Waals surface area contributed by atoms with Crippen LogP contribution in [-0.4, -0.2) is 9.36 Å². The zero-order valence-electron chi connectivity index (χ0n) is 13.6. The predicted molar refractivity (Wildman–Crippen MR) is 88.1 cm³/mol. The summed E-state index contributed by atoms with van der Waals surface area (Å²) in [7, 11) is 0. The average Bonchev–Trinajstić information content (AvgIpc) is 2.65. The van der Waals surface area contributed by atoms with Crippen LogP contribution in [0.1, 0.15) is 37.6 Å². The smallest absolute Gasteiger partial charge is 0.294 e. The third kappa shape index (κ3) is 2.75. The fraction of sp³-hybridized carbons (Fsp3) is 0.471. The predicted octanol–water partition coefficient (Wildman–Crippen LogP) is 3.06. The van der Waals surface area contributed by atoms with Gasteiger partial charge in [-0.3, -0.25) is 9.48 Å². The largest absolute Gasteiger partial charge is 0.393 e. The van der Waals surface area contributed by atoms with Gasteiger partial charge in [0, 0.05) is 6.54 Å². The van der Waals surface area contributed by atoms with Gasteiger partial charge in [0.05, 0.1) is 11.4 Å². The summed E-state index contributed by atoms with van der Waals surface area (Å²) in [6.45, 7) is 11.1. The first kappa shape index (κ1) is 15.4. The van der Waals surface area contributed by atoms with Crippen LogP contribution in [-0.2, 0) is 13.0 Å². The van der Waals surface area contributed by atoms with Gasteiger partial charge in [-0.15, -0.1) is 0 Å². The SMILES string of the molecule is CCn1c(CC(C)C)c(N)c(=O)n1-c1cc(C)ccc1C. The highest BCUT2D eigenvalue weighted by atomic mass is 16.1. The van der Waals surface area contributed by atoms with Gasteiger partial charge in [-0.1, -0.05) is 26.0 Å². The first-order valence-electron chi connectivity index (χ1n) is 7.54. The maximum atomic E-state index is 12.6. The van der Waals surface area contributed by atoms with E-state index in [9.17, 15) is 4.79 Å². The Morgan fingerprint density at radius 3 is 2.48 bits per heavy atom. The second-order valence-electron chi connectivity index (χ2n) is 6.08. The number of hydrogen-bond acceptors (Lipinski definition) is 2. The molecule has 2 aromatic rings. The van der Waals surface area contributed by atoms with Gasteiger partial charge >= 0.3 is 0 Å². The Balaban J connectivity index is 2.75. The number of rotatable bonds is 4. The number of nitrogens with two attached hydrogens (primary N) is 1. The third-order valence-electron chi connectivity index (χ3n) is 3.78. The summed E-state index contributed by atoms with van der Waals surface area (Å²) >= 11 is 0.